The lowest BCUT2D eigenvalue weighted by Gasteiger charge is -2.26. The number of hydrogen-bond donors (Lipinski definition) is 0. The zero-order chi connectivity index (χ0) is 43.2. The van der Waals surface area contributed by atoms with Crippen molar-refractivity contribution in [1.82, 2.24) is 0 Å². The average molecular weight is 857 g/mol. The molecule has 0 nitrogen and oxygen atoms in total. The molecule has 8 aromatic rings. The van der Waals surface area contributed by atoms with Gasteiger partial charge in [0.15, 0.2) is 0 Å². The van der Waals surface area contributed by atoms with Crippen LogP contribution in [0.15, 0.2) is 218 Å². The highest BCUT2D eigenvalue weighted by atomic mass is 31.1. The first-order valence-corrected chi connectivity index (χ1v) is 25.8. The SMILES string of the molecule is C=C/C=C(\C=C)P(c1ccccc1)c1cc2c(cc1C)c1cc(P(C3=CCCC=C3)c3ccccc3)c(C)cc1c1cc(P(c3ccccc3)c3ccccc3)c(C)cc21.CC. The summed E-state index contributed by atoms with van der Waals surface area (Å²) in [5.74, 6) is 0. The molecule has 0 heterocycles. The molecule has 0 saturated carbocycles. The van der Waals surface area contributed by atoms with Gasteiger partial charge in [-0.3, -0.25) is 0 Å². The summed E-state index contributed by atoms with van der Waals surface area (Å²) in [4.78, 5) is 0. The second-order valence-corrected chi connectivity index (χ2v) is 22.1. The van der Waals surface area contributed by atoms with Crippen LogP contribution in [-0.2, 0) is 0 Å². The second-order valence-electron chi connectivity index (χ2n) is 15.5. The zero-order valence-corrected chi connectivity index (χ0v) is 39.3. The van der Waals surface area contributed by atoms with E-state index in [1.165, 1.54) is 96.8 Å². The summed E-state index contributed by atoms with van der Waals surface area (Å²) in [6.45, 7) is 19.4. The molecule has 1 aliphatic carbocycles. The summed E-state index contributed by atoms with van der Waals surface area (Å²) >= 11 is 0. The third kappa shape index (κ3) is 8.51. The van der Waals surface area contributed by atoms with Crippen molar-refractivity contribution in [2.45, 2.75) is 47.5 Å². The Hall–Kier alpha value is -5.47. The number of rotatable bonds is 11. The van der Waals surface area contributed by atoms with Gasteiger partial charge in [0.2, 0.25) is 0 Å². The van der Waals surface area contributed by atoms with Gasteiger partial charge in [-0.15, -0.1) is 0 Å². The van der Waals surface area contributed by atoms with Gasteiger partial charge in [0, 0.05) is 0 Å². The second kappa shape index (κ2) is 19.7. The molecule has 0 N–H and O–H groups in total. The Morgan fingerprint density at radius 3 is 1.27 bits per heavy atom. The van der Waals surface area contributed by atoms with E-state index in [9.17, 15) is 0 Å². The Morgan fingerprint density at radius 2 is 0.855 bits per heavy atom. The number of benzene rings is 8. The quantitative estimate of drug-likeness (QED) is 0.0691. The molecule has 2 atom stereocenters. The van der Waals surface area contributed by atoms with Crippen LogP contribution in [-0.4, -0.2) is 0 Å². The Bertz CT molecular complexity index is 2940. The Morgan fingerprint density at radius 1 is 0.468 bits per heavy atom. The van der Waals surface area contributed by atoms with Gasteiger partial charge in [-0.2, -0.15) is 0 Å². The summed E-state index contributed by atoms with van der Waals surface area (Å²) in [7, 11) is -2.46. The summed E-state index contributed by atoms with van der Waals surface area (Å²) in [6.07, 6.45) is 15.5. The summed E-state index contributed by atoms with van der Waals surface area (Å²) < 4.78 is 0. The van der Waals surface area contributed by atoms with Crippen LogP contribution in [0.25, 0.3) is 32.3 Å². The smallest absolute Gasteiger partial charge is 0.00921 e. The Kier molecular flexibility index (Phi) is 13.7. The van der Waals surface area contributed by atoms with E-state index in [0.29, 0.717) is 0 Å². The van der Waals surface area contributed by atoms with Crippen LogP contribution in [0.5, 0.6) is 0 Å². The van der Waals surface area contributed by atoms with Crippen molar-refractivity contribution in [2.75, 3.05) is 0 Å². The first-order valence-electron chi connectivity index (χ1n) is 21.8. The van der Waals surface area contributed by atoms with Crippen LogP contribution >= 0.6 is 23.8 Å². The molecule has 0 bridgehead atoms. The zero-order valence-electron chi connectivity index (χ0n) is 36.6. The number of hydrogen-bond acceptors (Lipinski definition) is 0. The van der Waals surface area contributed by atoms with Crippen LogP contribution in [0.2, 0.25) is 0 Å². The van der Waals surface area contributed by atoms with Gasteiger partial charge >= 0.3 is 0 Å². The molecule has 0 fully saturated rings. The van der Waals surface area contributed by atoms with E-state index in [0.717, 1.165) is 12.8 Å². The fraction of sp³-hybridized carbons (Fsp3) is 0.119. The minimum Gasteiger partial charge on any atom is -0.0990 e. The molecule has 0 aliphatic heterocycles. The highest BCUT2D eigenvalue weighted by Crippen LogP contribution is 2.50. The highest BCUT2D eigenvalue weighted by molar-refractivity contribution is 7.80. The van der Waals surface area contributed by atoms with Crippen molar-refractivity contribution in [3.63, 3.8) is 0 Å². The standard InChI is InChI=1S/C57H49P3.C2H6/c1-6-23-43(7-2)58(44-24-13-8-14-25-44)55-37-52-49(34-40(55)3)53-38-56(59(45-26-15-9-16-27-45)46-28-17-10-18-29-46)42(5)36-51(53)54-39-57(41(4)35-50(52)54)60(47-30-19-11-20-31-47)48-32-21-12-22-33-48;1-2/h6-9,11-17,19-39H,1-2,10,18H2,3-5H3;1-2H3/b43-23+;. The van der Waals surface area contributed by atoms with Gasteiger partial charge in [0.05, 0.1) is 0 Å². The monoisotopic (exact) mass is 856 g/mol. The molecular formula is C59H55P3. The molecule has 0 saturated heterocycles. The molecular weight excluding hydrogens is 802 g/mol. The number of allylic oxidation sites excluding steroid dienone is 8. The van der Waals surface area contributed by atoms with Crippen LogP contribution in [0.1, 0.15) is 43.4 Å². The average Bonchev–Trinajstić information content (AvgIpc) is 3.32. The largest absolute Gasteiger partial charge is 0.0990 e. The summed E-state index contributed by atoms with van der Waals surface area (Å²) in [5.41, 5.74) is 3.97. The fourth-order valence-electron chi connectivity index (χ4n) is 8.86. The predicted molar refractivity (Wildman–Crippen MR) is 283 cm³/mol. The first kappa shape index (κ1) is 43.2. The van der Waals surface area contributed by atoms with Gasteiger partial charge < -0.3 is 0 Å². The Labute approximate surface area is 373 Å². The van der Waals surface area contributed by atoms with Crippen LogP contribution in [0.3, 0.4) is 0 Å². The van der Waals surface area contributed by atoms with Crippen LogP contribution in [0, 0.1) is 20.8 Å². The predicted octanol–water partition coefficient (Wildman–Crippen LogP) is 14.2. The third-order valence-corrected chi connectivity index (χ3v) is 19.5. The van der Waals surface area contributed by atoms with E-state index in [4.69, 9.17) is 0 Å². The van der Waals surface area contributed by atoms with Crippen molar-refractivity contribution in [3.8, 4) is 0 Å². The molecule has 0 aromatic heterocycles. The summed E-state index contributed by atoms with van der Waals surface area (Å²) in [5, 5.41) is 20.2. The van der Waals surface area contributed by atoms with Crippen molar-refractivity contribution in [1.29, 1.82) is 0 Å². The van der Waals surface area contributed by atoms with E-state index >= 15 is 0 Å². The van der Waals surface area contributed by atoms with Crippen LogP contribution in [0.4, 0.5) is 0 Å². The highest BCUT2D eigenvalue weighted by Gasteiger charge is 2.26. The topological polar surface area (TPSA) is 0 Å². The van der Waals surface area contributed by atoms with E-state index in [2.05, 4.69) is 216 Å². The van der Waals surface area contributed by atoms with E-state index < -0.39 is 23.8 Å². The van der Waals surface area contributed by atoms with Crippen molar-refractivity contribution in [3.05, 3.63) is 235 Å². The van der Waals surface area contributed by atoms with Gasteiger partial charge in [0.25, 0.3) is 0 Å². The van der Waals surface area contributed by atoms with Gasteiger partial charge in [-0.05, 0) is 172 Å². The molecule has 0 amide bonds. The third-order valence-electron chi connectivity index (χ3n) is 11.6. The molecule has 3 heteroatoms. The van der Waals surface area contributed by atoms with E-state index in [-0.39, 0.29) is 0 Å². The normalized spacial score (nSPS) is 13.7. The maximum atomic E-state index is 4.31. The summed E-state index contributed by atoms with van der Waals surface area (Å²) in [6, 6.07) is 59.6. The van der Waals surface area contributed by atoms with E-state index in [1.54, 1.807) is 0 Å². The molecule has 0 spiro atoms. The molecule has 1 aliphatic rings. The van der Waals surface area contributed by atoms with E-state index in [1.807, 2.05) is 26.0 Å². The van der Waals surface area contributed by atoms with Crippen molar-refractivity contribution < 1.29 is 0 Å². The van der Waals surface area contributed by atoms with Crippen molar-refractivity contribution >= 4 is 93.2 Å². The minimum absolute atomic E-state index is 0.761. The van der Waals surface area contributed by atoms with Gasteiger partial charge in [0.1, 0.15) is 0 Å². The van der Waals surface area contributed by atoms with Gasteiger partial charge in [-0.1, -0.05) is 203 Å². The maximum absolute atomic E-state index is 4.31. The molecule has 0 radical (unpaired) electrons. The molecule has 9 rings (SSSR count). The molecule has 62 heavy (non-hydrogen) atoms. The molecule has 8 aromatic carbocycles. The van der Waals surface area contributed by atoms with Crippen LogP contribution < -0.4 is 37.1 Å². The number of fused-ring (bicyclic) bond motifs is 6. The minimum atomic E-state index is -0.895. The lowest BCUT2D eigenvalue weighted by molar-refractivity contribution is 1.03. The maximum Gasteiger partial charge on any atom is -0.00921 e. The lowest BCUT2D eigenvalue weighted by Crippen LogP contribution is -2.22. The lowest BCUT2D eigenvalue weighted by atomic mass is 9.91. The fourth-order valence-corrected chi connectivity index (χ4v) is 16.3. The number of aryl methyl sites for hydroxylation is 3. The van der Waals surface area contributed by atoms with Gasteiger partial charge in [-0.25, -0.2) is 0 Å². The molecule has 2 unspecified atom stereocenters. The first-order chi connectivity index (χ1) is 30.4. The molecule has 306 valence electrons. The van der Waals surface area contributed by atoms with Crippen molar-refractivity contribution in [2.24, 2.45) is 0 Å². The Balaban J connectivity index is 0.00000261.